The molecular weight excluding hydrogens is 1020 g/mol. The summed E-state index contributed by atoms with van der Waals surface area (Å²) >= 11 is 0. The molecule has 1 atom stereocenters. The molecule has 0 saturated carbocycles. The lowest BCUT2D eigenvalue weighted by atomic mass is 10.0. The van der Waals surface area contributed by atoms with Crippen molar-refractivity contribution in [2.24, 2.45) is 0 Å². The van der Waals surface area contributed by atoms with Crippen molar-refractivity contribution < 1.29 is 28.6 Å². The van der Waals surface area contributed by atoms with Gasteiger partial charge in [-0.25, -0.2) is 0 Å². The number of unbranched alkanes of at least 4 members (excludes halogenated alkanes) is 44. The Labute approximate surface area is 516 Å². The maximum atomic E-state index is 12.9. The average molecular weight is 1160 g/mol. The molecule has 1 unspecified atom stereocenters. The SMILES string of the molecule is CC/C=C\C/C=C\C/C=C\C/C=C\C/C=C\C/C=C\CCCCCCCCCCCCCCCCC(=O)OCC(COC(=O)CCCCCCCCC)OC(=O)CCCCCCCCCCCCCCCCCCCCCCCCCCC. The fourth-order valence-electron chi connectivity index (χ4n) is 10.8. The van der Waals surface area contributed by atoms with Crippen LogP contribution in [0.25, 0.3) is 0 Å². The fourth-order valence-corrected chi connectivity index (χ4v) is 10.8. The van der Waals surface area contributed by atoms with Crippen LogP contribution in [0.1, 0.15) is 380 Å². The zero-order valence-corrected chi connectivity index (χ0v) is 55.5. The van der Waals surface area contributed by atoms with Gasteiger partial charge in [0.05, 0.1) is 0 Å². The second kappa shape index (κ2) is 71.3. The number of carbonyl (C=O) groups excluding carboxylic acids is 3. The molecule has 0 aromatic carbocycles. The predicted octanol–water partition coefficient (Wildman–Crippen LogP) is 25.2. The van der Waals surface area contributed by atoms with E-state index in [1.165, 1.54) is 244 Å². The molecule has 0 spiro atoms. The molecule has 0 saturated heterocycles. The van der Waals surface area contributed by atoms with E-state index in [9.17, 15) is 14.4 Å². The van der Waals surface area contributed by atoms with Crippen molar-refractivity contribution in [1.29, 1.82) is 0 Å². The van der Waals surface area contributed by atoms with Gasteiger partial charge in [0.1, 0.15) is 13.2 Å². The molecule has 0 aromatic rings. The highest BCUT2D eigenvalue weighted by atomic mass is 16.6. The zero-order chi connectivity index (χ0) is 59.9. The smallest absolute Gasteiger partial charge is 0.306 e. The van der Waals surface area contributed by atoms with Gasteiger partial charge in [-0.15, -0.1) is 0 Å². The quantitative estimate of drug-likeness (QED) is 0.0261. The van der Waals surface area contributed by atoms with E-state index in [0.717, 1.165) is 96.3 Å². The van der Waals surface area contributed by atoms with Crippen LogP contribution in [-0.4, -0.2) is 37.2 Å². The highest BCUT2D eigenvalue weighted by Crippen LogP contribution is 2.19. The summed E-state index contributed by atoms with van der Waals surface area (Å²) in [5, 5.41) is 0. The molecule has 0 aliphatic heterocycles. The van der Waals surface area contributed by atoms with Crippen LogP contribution < -0.4 is 0 Å². The number of esters is 3. The van der Waals surface area contributed by atoms with E-state index >= 15 is 0 Å². The van der Waals surface area contributed by atoms with Gasteiger partial charge in [-0.1, -0.05) is 363 Å². The second-order valence-corrected chi connectivity index (χ2v) is 24.5. The van der Waals surface area contributed by atoms with Crippen LogP contribution in [0.15, 0.2) is 72.9 Å². The van der Waals surface area contributed by atoms with Crippen LogP contribution in [0.2, 0.25) is 0 Å². The number of allylic oxidation sites excluding steroid dienone is 12. The highest BCUT2D eigenvalue weighted by molar-refractivity contribution is 5.71. The minimum absolute atomic E-state index is 0.0693. The fraction of sp³-hybridized carbons (Fsp3) is 0.805. The molecule has 6 heteroatoms. The number of ether oxygens (including phenoxy) is 3. The summed E-state index contributed by atoms with van der Waals surface area (Å²) in [6.45, 7) is 6.54. The lowest BCUT2D eigenvalue weighted by molar-refractivity contribution is -0.167. The van der Waals surface area contributed by atoms with Gasteiger partial charge in [0.15, 0.2) is 6.10 Å². The Morgan fingerprint density at radius 3 is 0.735 bits per heavy atom. The lowest BCUT2D eigenvalue weighted by Crippen LogP contribution is -2.30. The van der Waals surface area contributed by atoms with Gasteiger partial charge in [0.25, 0.3) is 0 Å². The molecule has 0 fully saturated rings. The number of rotatable bonds is 67. The molecule has 0 N–H and O–H groups in total. The van der Waals surface area contributed by atoms with Crippen LogP contribution in [0.4, 0.5) is 0 Å². The first-order chi connectivity index (χ1) is 41.0. The molecular formula is C77H138O6. The maximum absolute atomic E-state index is 12.9. The van der Waals surface area contributed by atoms with Gasteiger partial charge >= 0.3 is 17.9 Å². The number of hydrogen-bond donors (Lipinski definition) is 0. The third kappa shape index (κ3) is 69.5. The van der Waals surface area contributed by atoms with Gasteiger partial charge in [-0.05, 0) is 70.6 Å². The topological polar surface area (TPSA) is 78.9 Å². The van der Waals surface area contributed by atoms with Crippen molar-refractivity contribution >= 4 is 17.9 Å². The summed E-state index contributed by atoms with van der Waals surface area (Å²) < 4.78 is 16.9. The van der Waals surface area contributed by atoms with Crippen LogP contribution >= 0.6 is 0 Å². The van der Waals surface area contributed by atoms with Crippen molar-refractivity contribution in [3.8, 4) is 0 Å². The maximum Gasteiger partial charge on any atom is 0.306 e. The Morgan fingerprint density at radius 1 is 0.253 bits per heavy atom. The Hall–Kier alpha value is -3.15. The zero-order valence-electron chi connectivity index (χ0n) is 55.5. The van der Waals surface area contributed by atoms with E-state index < -0.39 is 6.10 Å². The van der Waals surface area contributed by atoms with E-state index in [-0.39, 0.29) is 31.1 Å². The molecule has 83 heavy (non-hydrogen) atoms. The molecule has 0 amide bonds. The monoisotopic (exact) mass is 1160 g/mol. The van der Waals surface area contributed by atoms with E-state index in [1.807, 2.05) is 0 Å². The van der Waals surface area contributed by atoms with E-state index in [4.69, 9.17) is 14.2 Å². The van der Waals surface area contributed by atoms with Gasteiger partial charge in [-0.2, -0.15) is 0 Å². The van der Waals surface area contributed by atoms with E-state index in [0.29, 0.717) is 19.3 Å². The third-order valence-electron chi connectivity index (χ3n) is 16.2. The first kappa shape index (κ1) is 79.8. The Bertz CT molecular complexity index is 1520. The molecule has 0 aromatic heterocycles. The molecule has 0 bridgehead atoms. The van der Waals surface area contributed by atoms with Crippen LogP contribution in [-0.2, 0) is 28.6 Å². The second-order valence-electron chi connectivity index (χ2n) is 24.5. The summed E-state index contributed by atoms with van der Waals surface area (Å²) in [6.07, 6.45) is 94.0. The van der Waals surface area contributed by atoms with Gasteiger partial charge in [-0.3, -0.25) is 14.4 Å². The predicted molar refractivity (Wildman–Crippen MR) is 362 cm³/mol. The summed E-state index contributed by atoms with van der Waals surface area (Å²) in [7, 11) is 0. The van der Waals surface area contributed by atoms with Crippen molar-refractivity contribution in [3.05, 3.63) is 72.9 Å². The molecule has 0 aliphatic rings. The summed E-state index contributed by atoms with van der Waals surface area (Å²) in [5.41, 5.74) is 0. The minimum Gasteiger partial charge on any atom is -0.462 e. The standard InChI is InChI=1S/C77H138O6/c1-4-7-10-13-16-18-20-22-24-26-28-30-32-34-35-36-37-38-39-40-41-43-44-46-48-50-52-54-56-58-61-64-67-70-76(79)82-73-74(72-81-75(78)69-66-63-60-15-12-9-6-3)83-77(80)71-68-65-62-59-57-55-53-51-49-47-45-42-33-31-29-27-25-23-21-19-17-14-11-8-5-2/h7,10,16,18,22,24,28,30,34-35,37-38,74H,4-6,8-9,11-15,17,19-21,23,25-27,29,31-33,36,39-73H2,1-3H3/b10-7-,18-16-,24-22-,30-28-,35-34-,38-37-. The van der Waals surface area contributed by atoms with Crippen molar-refractivity contribution in [3.63, 3.8) is 0 Å². The van der Waals surface area contributed by atoms with Crippen molar-refractivity contribution in [2.75, 3.05) is 13.2 Å². The molecule has 6 nitrogen and oxygen atoms in total. The highest BCUT2D eigenvalue weighted by Gasteiger charge is 2.19. The van der Waals surface area contributed by atoms with Crippen LogP contribution in [0.3, 0.4) is 0 Å². The van der Waals surface area contributed by atoms with Crippen LogP contribution in [0, 0.1) is 0 Å². The minimum atomic E-state index is -0.770. The normalized spacial score (nSPS) is 12.5. The lowest BCUT2D eigenvalue weighted by Gasteiger charge is -2.18. The molecule has 482 valence electrons. The molecule has 0 radical (unpaired) electrons. The summed E-state index contributed by atoms with van der Waals surface area (Å²) in [6, 6.07) is 0. The van der Waals surface area contributed by atoms with Gasteiger partial charge < -0.3 is 14.2 Å². The Morgan fingerprint density at radius 2 is 0.470 bits per heavy atom. The summed E-state index contributed by atoms with van der Waals surface area (Å²) in [5.74, 6) is -0.853. The molecule has 0 heterocycles. The van der Waals surface area contributed by atoms with Gasteiger partial charge in [0, 0.05) is 19.3 Å². The first-order valence-electron chi connectivity index (χ1n) is 36.4. The Kier molecular flexibility index (Phi) is 68.6. The third-order valence-corrected chi connectivity index (χ3v) is 16.2. The van der Waals surface area contributed by atoms with E-state index in [2.05, 4.69) is 93.7 Å². The van der Waals surface area contributed by atoms with Gasteiger partial charge in [0.2, 0.25) is 0 Å². The first-order valence-corrected chi connectivity index (χ1v) is 36.4. The van der Waals surface area contributed by atoms with Crippen molar-refractivity contribution in [1.82, 2.24) is 0 Å². The molecule has 0 rings (SSSR count). The number of carbonyl (C=O) groups is 3. The largest absolute Gasteiger partial charge is 0.462 e. The molecule has 0 aliphatic carbocycles. The van der Waals surface area contributed by atoms with Crippen molar-refractivity contribution in [2.45, 2.75) is 386 Å². The number of hydrogen-bond acceptors (Lipinski definition) is 6. The van der Waals surface area contributed by atoms with Crippen LogP contribution in [0.5, 0.6) is 0 Å². The summed E-state index contributed by atoms with van der Waals surface area (Å²) in [4.78, 5) is 38.2. The van der Waals surface area contributed by atoms with E-state index in [1.54, 1.807) is 0 Å². The Balaban J connectivity index is 4.02. The average Bonchev–Trinajstić information content (AvgIpc) is 3.50.